The molecule has 1 heterocycles. The number of aromatic nitrogens is 2. The second-order valence-electron chi connectivity index (χ2n) is 6.22. The quantitative estimate of drug-likeness (QED) is 0.830. The fourth-order valence-electron chi connectivity index (χ4n) is 2.51. The first-order valence-corrected chi connectivity index (χ1v) is 7.90. The summed E-state index contributed by atoms with van der Waals surface area (Å²) in [5.74, 6) is 1.80. The molecule has 1 aromatic heterocycles. The summed E-state index contributed by atoms with van der Waals surface area (Å²) in [6.07, 6.45) is 4.46. The number of hydrogen-bond acceptors (Lipinski definition) is 2. The summed E-state index contributed by atoms with van der Waals surface area (Å²) in [5, 5.41) is 3.62. The highest BCUT2D eigenvalue weighted by Gasteiger charge is 2.10. The Morgan fingerprint density at radius 1 is 1.10 bits per heavy atom. The second-order valence-corrected chi connectivity index (χ2v) is 6.22. The Bertz CT molecular complexity index is 543. The van der Waals surface area contributed by atoms with Crippen molar-refractivity contribution in [2.24, 2.45) is 5.92 Å². The zero-order valence-corrected chi connectivity index (χ0v) is 13.6. The maximum atomic E-state index is 4.47. The number of nitrogens with one attached hydrogen (secondary N) is 1. The van der Waals surface area contributed by atoms with Crippen molar-refractivity contribution in [2.45, 2.75) is 53.1 Å². The summed E-state index contributed by atoms with van der Waals surface area (Å²) >= 11 is 0. The number of para-hydroxylation sites is 1. The van der Waals surface area contributed by atoms with E-state index in [1.807, 2.05) is 12.3 Å². The van der Waals surface area contributed by atoms with Gasteiger partial charge >= 0.3 is 0 Å². The van der Waals surface area contributed by atoms with Crippen LogP contribution < -0.4 is 5.32 Å². The van der Waals surface area contributed by atoms with Crippen LogP contribution in [0, 0.1) is 12.8 Å². The lowest BCUT2D eigenvalue weighted by molar-refractivity contribution is 0.447. The van der Waals surface area contributed by atoms with E-state index in [9.17, 15) is 0 Å². The molecule has 3 heteroatoms. The molecule has 0 aliphatic heterocycles. The maximum Gasteiger partial charge on any atom is 0.110 e. The Hall–Kier alpha value is -1.61. The standard InChI is InChI=1S/C18H27N3/c1-14(2)10-11-15(3)19-12-18-13-20-16(4)21(18)17-8-6-5-7-9-17/h5-9,13-15,19H,10-12H2,1-4H3. The van der Waals surface area contributed by atoms with Crippen LogP contribution in [-0.4, -0.2) is 15.6 Å². The molecule has 1 unspecified atom stereocenters. The van der Waals surface area contributed by atoms with Crippen LogP contribution in [-0.2, 0) is 6.54 Å². The number of imidazole rings is 1. The van der Waals surface area contributed by atoms with Gasteiger partial charge in [-0.25, -0.2) is 4.98 Å². The van der Waals surface area contributed by atoms with Gasteiger partial charge in [0.05, 0.1) is 11.9 Å². The van der Waals surface area contributed by atoms with Crippen molar-refractivity contribution < 1.29 is 0 Å². The molecule has 0 aliphatic carbocycles. The maximum absolute atomic E-state index is 4.47. The summed E-state index contributed by atoms with van der Waals surface area (Å²) in [6, 6.07) is 11.0. The third-order valence-corrected chi connectivity index (χ3v) is 3.83. The molecule has 1 aromatic carbocycles. The number of benzene rings is 1. The lowest BCUT2D eigenvalue weighted by Gasteiger charge is -2.16. The molecule has 2 aromatic rings. The summed E-state index contributed by atoms with van der Waals surface area (Å²) < 4.78 is 2.22. The molecule has 0 saturated carbocycles. The van der Waals surface area contributed by atoms with Gasteiger partial charge in [-0.15, -0.1) is 0 Å². The van der Waals surface area contributed by atoms with Gasteiger partial charge in [0.25, 0.3) is 0 Å². The van der Waals surface area contributed by atoms with Crippen LogP contribution in [0.5, 0.6) is 0 Å². The van der Waals surface area contributed by atoms with Gasteiger partial charge < -0.3 is 5.32 Å². The first kappa shape index (κ1) is 15.8. The van der Waals surface area contributed by atoms with Gasteiger partial charge in [-0.2, -0.15) is 0 Å². The van der Waals surface area contributed by atoms with Gasteiger partial charge in [-0.1, -0.05) is 32.0 Å². The van der Waals surface area contributed by atoms with Gasteiger partial charge in [0.1, 0.15) is 5.82 Å². The van der Waals surface area contributed by atoms with Crippen molar-refractivity contribution in [1.82, 2.24) is 14.9 Å². The Labute approximate surface area is 128 Å². The second kappa shape index (κ2) is 7.41. The molecule has 0 amide bonds. The third-order valence-electron chi connectivity index (χ3n) is 3.83. The van der Waals surface area contributed by atoms with E-state index in [2.05, 4.69) is 66.8 Å². The van der Waals surface area contributed by atoms with Crippen molar-refractivity contribution in [3.8, 4) is 5.69 Å². The molecule has 0 saturated heterocycles. The van der Waals surface area contributed by atoms with Gasteiger partial charge in [0.2, 0.25) is 0 Å². The van der Waals surface area contributed by atoms with Crippen LogP contribution in [0.1, 0.15) is 45.1 Å². The fourth-order valence-corrected chi connectivity index (χ4v) is 2.51. The average molecular weight is 285 g/mol. The predicted octanol–water partition coefficient (Wildman–Crippen LogP) is 4.10. The molecular formula is C18H27N3. The van der Waals surface area contributed by atoms with Crippen LogP contribution in [0.25, 0.3) is 5.69 Å². The van der Waals surface area contributed by atoms with Gasteiger partial charge in [-0.05, 0) is 44.7 Å². The van der Waals surface area contributed by atoms with E-state index < -0.39 is 0 Å². The molecule has 2 rings (SSSR count). The van der Waals surface area contributed by atoms with Crippen molar-refractivity contribution in [1.29, 1.82) is 0 Å². The van der Waals surface area contributed by atoms with Crippen LogP contribution >= 0.6 is 0 Å². The predicted molar refractivity (Wildman–Crippen MR) is 88.7 cm³/mol. The molecule has 0 fully saturated rings. The highest BCUT2D eigenvalue weighted by Crippen LogP contribution is 2.15. The number of hydrogen-bond donors (Lipinski definition) is 1. The molecule has 0 spiro atoms. The molecule has 0 radical (unpaired) electrons. The van der Waals surface area contributed by atoms with E-state index in [1.54, 1.807) is 0 Å². The Morgan fingerprint density at radius 2 is 1.81 bits per heavy atom. The van der Waals surface area contributed by atoms with E-state index in [-0.39, 0.29) is 0 Å². The van der Waals surface area contributed by atoms with E-state index in [0.717, 1.165) is 18.3 Å². The summed E-state index contributed by atoms with van der Waals surface area (Å²) in [7, 11) is 0. The first-order chi connectivity index (χ1) is 10.1. The summed E-state index contributed by atoms with van der Waals surface area (Å²) in [5.41, 5.74) is 2.40. The van der Waals surface area contributed by atoms with Crippen molar-refractivity contribution in [3.63, 3.8) is 0 Å². The van der Waals surface area contributed by atoms with Crippen LogP contribution in [0.2, 0.25) is 0 Å². The van der Waals surface area contributed by atoms with Crippen LogP contribution in [0.3, 0.4) is 0 Å². The molecule has 3 nitrogen and oxygen atoms in total. The lowest BCUT2D eigenvalue weighted by atomic mass is 10.0. The van der Waals surface area contributed by atoms with E-state index in [4.69, 9.17) is 0 Å². The first-order valence-electron chi connectivity index (χ1n) is 7.90. The Kier molecular flexibility index (Phi) is 5.57. The molecule has 0 aliphatic rings. The minimum atomic E-state index is 0.534. The van der Waals surface area contributed by atoms with Gasteiger partial charge in [0, 0.05) is 18.3 Å². The molecule has 1 N–H and O–H groups in total. The minimum absolute atomic E-state index is 0.534. The van der Waals surface area contributed by atoms with E-state index in [1.165, 1.54) is 24.2 Å². The number of rotatable bonds is 7. The monoisotopic (exact) mass is 285 g/mol. The van der Waals surface area contributed by atoms with E-state index >= 15 is 0 Å². The SMILES string of the molecule is Cc1ncc(CNC(C)CCC(C)C)n1-c1ccccc1. The third kappa shape index (κ3) is 4.43. The van der Waals surface area contributed by atoms with Crippen LogP contribution in [0.4, 0.5) is 0 Å². The fraction of sp³-hybridized carbons (Fsp3) is 0.500. The number of aryl methyl sites for hydroxylation is 1. The average Bonchev–Trinajstić information content (AvgIpc) is 2.84. The van der Waals surface area contributed by atoms with Crippen molar-refractivity contribution >= 4 is 0 Å². The largest absolute Gasteiger partial charge is 0.309 e. The smallest absolute Gasteiger partial charge is 0.110 e. The molecular weight excluding hydrogens is 258 g/mol. The summed E-state index contributed by atoms with van der Waals surface area (Å²) in [4.78, 5) is 4.47. The Balaban J connectivity index is 2.02. The molecule has 1 atom stereocenters. The lowest BCUT2D eigenvalue weighted by Crippen LogP contribution is -2.26. The van der Waals surface area contributed by atoms with Crippen molar-refractivity contribution in [3.05, 3.63) is 48.0 Å². The van der Waals surface area contributed by atoms with Gasteiger partial charge in [-0.3, -0.25) is 4.57 Å². The highest BCUT2D eigenvalue weighted by molar-refractivity contribution is 5.35. The minimum Gasteiger partial charge on any atom is -0.309 e. The van der Waals surface area contributed by atoms with Gasteiger partial charge in [0.15, 0.2) is 0 Å². The summed E-state index contributed by atoms with van der Waals surface area (Å²) in [6.45, 7) is 9.73. The zero-order chi connectivity index (χ0) is 15.2. The topological polar surface area (TPSA) is 29.9 Å². The molecule has 21 heavy (non-hydrogen) atoms. The van der Waals surface area contributed by atoms with Crippen LogP contribution in [0.15, 0.2) is 36.5 Å². The Morgan fingerprint density at radius 3 is 2.48 bits per heavy atom. The van der Waals surface area contributed by atoms with E-state index in [0.29, 0.717) is 6.04 Å². The molecule has 114 valence electrons. The number of nitrogens with zero attached hydrogens (tertiary/aromatic N) is 2. The zero-order valence-electron chi connectivity index (χ0n) is 13.6. The highest BCUT2D eigenvalue weighted by atomic mass is 15.1. The normalized spacial score (nSPS) is 12.8. The van der Waals surface area contributed by atoms with Crippen molar-refractivity contribution in [2.75, 3.05) is 0 Å². The molecule has 0 bridgehead atoms.